The van der Waals surface area contributed by atoms with Crippen molar-refractivity contribution in [2.75, 3.05) is 0 Å². The maximum Gasteiger partial charge on any atom is 0.401 e. The van der Waals surface area contributed by atoms with Crippen molar-refractivity contribution in [2.24, 2.45) is 0 Å². The normalized spacial score (nSPS) is 11.9. The summed E-state index contributed by atoms with van der Waals surface area (Å²) >= 11 is 0. The Bertz CT molecular complexity index is 896. The van der Waals surface area contributed by atoms with Crippen LogP contribution in [0.5, 0.6) is 0 Å². The van der Waals surface area contributed by atoms with Crippen LogP contribution in [0, 0.1) is 6.92 Å². The number of hydrogen-bond donors (Lipinski definition) is 2. The molecule has 2 N–H and O–H groups in total. The summed E-state index contributed by atoms with van der Waals surface area (Å²) in [5.74, 6) is 0. The van der Waals surface area contributed by atoms with Gasteiger partial charge in [0.15, 0.2) is 11.0 Å². The highest BCUT2D eigenvalue weighted by atomic mass is 32.2. The van der Waals surface area contributed by atoms with Gasteiger partial charge in [0.05, 0.1) is 0 Å². The highest BCUT2D eigenvalue weighted by Crippen LogP contribution is 2.13. The molecule has 1 heterocycles. The zero-order valence-corrected chi connectivity index (χ0v) is 12.3. The van der Waals surface area contributed by atoms with Gasteiger partial charge in [-0.2, -0.15) is 8.42 Å². The van der Waals surface area contributed by atoms with Crippen molar-refractivity contribution >= 4 is 21.2 Å². The Balaban J connectivity index is 2.17. The molecule has 108 valence electrons. The van der Waals surface area contributed by atoms with Crippen molar-refractivity contribution in [3.63, 3.8) is 0 Å². The fourth-order valence-electron chi connectivity index (χ4n) is 2.34. The molecule has 0 aliphatic rings. The summed E-state index contributed by atoms with van der Waals surface area (Å²) in [6, 6.07) is 15.0. The lowest BCUT2D eigenvalue weighted by molar-refractivity contribution is -0.701. The standard InChI is InChI=1S/C15H14N2O3S/c1-11-6-8-12(9-7-11)10-17-14-5-3-2-4-13(14)16-15(17)21(18,19)20/h2-9H,10H2,1H3,(H,18,19,20)/p+1. The second kappa shape index (κ2) is 4.98. The molecule has 1 aromatic heterocycles. The minimum Gasteiger partial charge on any atom is -0.276 e. The number of para-hydroxylation sites is 2. The molecule has 0 atom stereocenters. The Morgan fingerprint density at radius 2 is 1.76 bits per heavy atom. The van der Waals surface area contributed by atoms with Crippen LogP contribution >= 0.6 is 0 Å². The number of aryl methyl sites for hydroxylation is 1. The molecule has 2 aromatic carbocycles. The van der Waals surface area contributed by atoms with Gasteiger partial charge in [-0.1, -0.05) is 42.0 Å². The Morgan fingerprint density at radius 1 is 1.10 bits per heavy atom. The second-order valence-electron chi connectivity index (χ2n) is 4.99. The van der Waals surface area contributed by atoms with Gasteiger partial charge in [0, 0.05) is 0 Å². The van der Waals surface area contributed by atoms with Crippen LogP contribution < -0.4 is 4.57 Å². The molecule has 0 spiro atoms. The minimum atomic E-state index is -4.32. The molecular formula is C15H15N2O3S+. The van der Waals surface area contributed by atoms with E-state index in [9.17, 15) is 13.0 Å². The largest absolute Gasteiger partial charge is 0.401 e. The number of fused-ring (bicyclic) bond motifs is 1. The minimum absolute atomic E-state index is 0.204. The zero-order valence-electron chi connectivity index (χ0n) is 11.4. The molecule has 0 saturated carbocycles. The number of benzene rings is 2. The van der Waals surface area contributed by atoms with E-state index in [0.29, 0.717) is 12.1 Å². The van der Waals surface area contributed by atoms with E-state index in [4.69, 9.17) is 0 Å². The fourth-order valence-corrected chi connectivity index (χ4v) is 3.02. The summed E-state index contributed by atoms with van der Waals surface area (Å²) in [6.45, 7) is 2.35. The van der Waals surface area contributed by atoms with Gasteiger partial charge in [-0.15, -0.1) is 0 Å². The van der Waals surface area contributed by atoms with Crippen molar-refractivity contribution < 1.29 is 17.5 Å². The lowest BCUT2D eigenvalue weighted by Gasteiger charge is -2.02. The molecule has 0 fully saturated rings. The van der Waals surface area contributed by atoms with Gasteiger partial charge in [-0.3, -0.25) is 4.55 Å². The van der Waals surface area contributed by atoms with Gasteiger partial charge >= 0.3 is 15.3 Å². The van der Waals surface area contributed by atoms with Crippen molar-refractivity contribution in [1.29, 1.82) is 0 Å². The number of hydrogen-bond acceptors (Lipinski definition) is 2. The van der Waals surface area contributed by atoms with Crippen LogP contribution in [-0.4, -0.2) is 18.0 Å². The van der Waals surface area contributed by atoms with Crippen LogP contribution in [-0.2, 0) is 16.7 Å². The maximum atomic E-state index is 11.6. The Morgan fingerprint density at radius 3 is 2.43 bits per heavy atom. The van der Waals surface area contributed by atoms with E-state index in [1.54, 1.807) is 10.6 Å². The topological polar surface area (TPSA) is 74.0 Å². The first-order valence-electron chi connectivity index (χ1n) is 6.49. The number of aromatic nitrogens is 2. The molecule has 0 aliphatic carbocycles. The predicted molar refractivity (Wildman–Crippen MR) is 78.6 cm³/mol. The average Bonchev–Trinajstić information content (AvgIpc) is 2.81. The van der Waals surface area contributed by atoms with Crippen LogP contribution in [0.4, 0.5) is 0 Å². The SMILES string of the molecule is Cc1ccc(C[n+]2c(S(=O)(=O)O)[nH]c3ccccc32)cc1. The molecule has 5 nitrogen and oxygen atoms in total. The number of rotatable bonds is 3. The number of H-pyrrole nitrogens is 1. The van der Waals surface area contributed by atoms with Crippen LogP contribution in [0.15, 0.2) is 53.7 Å². The summed E-state index contributed by atoms with van der Waals surface area (Å²) in [5, 5.41) is -0.204. The first-order valence-corrected chi connectivity index (χ1v) is 7.93. The lowest BCUT2D eigenvalue weighted by atomic mass is 10.1. The van der Waals surface area contributed by atoms with E-state index in [2.05, 4.69) is 4.98 Å². The summed E-state index contributed by atoms with van der Waals surface area (Å²) in [6.07, 6.45) is 0. The van der Waals surface area contributed by atoms with Crippen molar-refractivity contribution in [3.8, 4) is 0 Å². The third kappa shape index (κ3) is 2.68. The third-order valence-corrected chi connectivity index (χ3v) is 4.20. The van der Waals surface area contributed by atoms with Crippen molar-refractivity contribution in [2.45, 2.75) is 18.6 Å². The Labute approximate surface area is 122 Å². The Hall–Kier alpha value is -2.18. The molecule has 3 rings (SSSR count). The average molecular weight is 303 g/mol. The summed E-state index contributed by atoms with van der Waals surface area (Å²) in [4.78, 5) is 2.76. The third-order valence-electron chi connectivity index (χ3n) is 3.39. The van der Waals surface area contributed by atoms with Crippen LogP contribution in [0.25, 0.3) is 11.0 Å². The fraction of sp³-hybridized carbons (Fsp3) is 0.133. The molecule has 0 unspecified atom stereocenters. The van der Waals surface area contributed by atoms with Crippen molar-refractivity contribution in [1.82, 2.24) is 4.98 Å². The Kier molecular flexibility index (Phi) is 3.27. The van der Waals surface area contributed by atoms with E-state index in [1.807, 2.05) is 49.4 Å². The van der Waals surface area contributed by atoms with Crippen molar-refractivity contribution in [3.05, 3.63) is 59.7 Å². The van der Waals surface area contributed by atoms with Gasteiger partial charge in [0.1, 0.15) is 6.54 Å². The molecule has 0 amide bonds. The monoisotopic (exact) mass is 303 g/mol. The van der Waals surface area contributed by atoms with E-state index < -0.39 is 10.1 Å². The highest BCUT2D eigenvalue weighted by molar-refractivity contribution is 7.85. The molecular weight excluding hydrogens is 288 g/mol. The van der Waals surface area contributed by atoms with E-state index in [0.717, 1.165) is 16.6 Å². The van der Waals surface area contributed by atoms with Crippen LogP contribution in [0.2, 0.25) is 0 Å². The molecule has 6 heteroatoms. The van der Waals surface area contributed by atoms with Gasteiger partial charge in [0.25, 0.3) is 0 Å². The molecule has 0 bridgehead atoms. The maximum absolute atomic E-state index is 11.6. The summed E-state index contributed by atoms with van der Waals surface area (Å²) in [7, 11) is -4.32. The first kappa shape index (κ1) is 13.8. The lowest BCUT2D eigenvalue weighted by Crippen LogP contribution is -2.39. The molecule has 0 aliphatic heterocycles. The van der Waals surface area contributed by atoms with Gasteiger partial charge in [0.2, 0.25) is 0 Å². The number of imidazole rings is 1. The summed E-state index contributed by atoms with van der Waals surface area (Å²) in [5.41, 5.74) is 3.49. The van der Waals surface area contributed by atoms with Gasteiger partial charge in [-0.05, 0) is 24.6 Å². The predicted octanol–water partition coefficient (Wildman–Crippen LogP) is 2.06. The highest BCUT2D eigenvalue weighted by Gasteiger charge is 2.28. The number of nitrogens with zero attached hydrogens (tertiary/aromatic N) is 1. The van der Waals surface area contributed by atoms with Gasteiger partial charge in [-0.25, -0.2) is 9.55 Å². The quantitative estimate of drug-likeness (QED) is 0.574. The van der Waals surface area contributed by atoms with E-state index in [1.165, 1.54) is 0 Å². The van der Waals surface area contributed by atoms with E-state index in [-0.39, 0.29) is 5.16 Å². The second-order valence-corrected chi connectivity index (χ2v) is 6.33. The van der Waals surface area contributed by atoms with Crippen LogP contribution in [0.1, 0.15) is 11.1 Å². The van der Waals surface area contributed by atoms with Crippen LogP contribution in [0.3, 0.4) is 0 Å². The molecule has 0 saturated heterocycles. The van der Waals surface area contributed by atoms with E-state index >= 15 is 0 Å². The summed E-state index contributed by atoms with van der Waals surface area (Å²) < 4.78 is 34.1. The first-order chi connectivity index (χ1) is 9.95. The number of nitrogens with one attached hydrogen (secondary N) is 1. The van der Waals surface area contributed by atoms with Gasteiger partial charge < -0.3 is 0 Å². The zero-order chi connectivity index (χ0) is 15.0. The molecule has 3 aromatic rings. The molecule has 0 radical (unpaired) electrons. The number of aromatic amines is 1. The molecule has 21 heavy (non-hydrogen) atoms. The smallest absolute Gasteiger partial charge is 0.276 e.